The number of anilines is 2. The van der Waals surface area contributed by atoms with Gasteiger partial charge in [0.05, 0.1) is 29.6 Å². The Kier molecular flexibility index (Phi) is 9.26. The number of rotatable bonds is 6. The van der Waals surface area contributed by atoms with Gasteiger partial charge >= 0.3 is 12.7 Å². The van der Waals surface area contributed by atoms with E-state index in [9.17, 15) is 28.0 Å². The van der Waals surface area contributed by atoms with Crippen molar-refractivity contribution < 1.29 is 37.0 Å². The molecule has 0 aliphatic carbocycles. The van der Waals surface area contributed by atoms with Gasteiger partial charge in [0.1, 0.15) is 23.3 Å². The molecule has 2 atom stereocenters. The molecule has 0 saturated carbocycles. The van der Waals surface area contributed by atoms with E-state index in [4.69, 9.17) is 9.72 Å². The van der Waals surface area contributed by atoms with Crippen LogP contribution in [0.1, 0.15) is 56.2 Å². The maximum atomic E-state index is 14.8. The van der Waals surface area contributed by atoms with E-state index in [0.717, 1.165) is 18.0 Å². The van der Waals surface area contributed by atoms with Gasteiger partial charge in [0.15, 0.2) is 6.20 Å². The summed E-state index contributed by atoms with van der Waals surface area (Å²) in [5.74, 6) is -1.81. The Labute approximate surface area is 257 Å². The van der Waals surface area contributed by atoms with E-state index >= 15 is 0 Å². The Hall–Kier alpha value is -5.07. The molecular weight excluding hydrogens is 591 g/mol. The van der Waals surface area contributed by atoms with Crippen LogP contribution >= 0.6 is 0 Å². The number of benzene rings is 2. The number of fused-ring (bicyclic) bond motifs is 4. The third-order valence-electron chi connectivity index (χ3n) is 7.80. The Balaban J connectivity index is 1.60. The quantitative estimate of drug-likeness (QED) is 0.161. The molecule has 0 radical (unpaired) electrons. The molecule has 1 aliphatic heterocycles. The van der Waals surface area contributed by atoms with E-state index in [1.165, 1.54) is 31.4 Å². The number of H-pyrrole nitrogens is 1. The maximum absolute atomic E-state index is 14.8. The van der Waals surface area contributed by atoms with Crippen LogP contribution in [0.4, 0.5) is 29.3 Å². The molecule has 2 aromatic heterocycles. The van der Waals surface area contributed by atoms with Gasteiger partial charge in [-0.05, 0) is 55.7 Å². The Bertz CT molecular complexity index is 1730. The highest BCUT2D eigenvalue weighted by molar-refractivity contribution is 5.98. The van der Waals surface area contributed by atoms with Gasteiger partial charge in [-0.2, -0.15) is 13.5 Å². The summed E-state index contributed by atoms with van der Waals surface area (Å²) >= 11 is 0. The SMILES string of the molecule is CCc1[nH]c2nc1-c1ccc(NC(=O)OC)cc1NC(=O)[C@@H](C)CCC[C@H]2c1ccc(-c2c(F)cccc2OC(F)F)c[n+]1[O-]. The Morgan fingerprint density at radius 2 is 2.00 bits per heavy atom. The van der Waals surface area contributed by atoms with Crippen LogP contribution in [0.25, 0.3) is 22.4 Å². The molecule has 2 aromatic carbocycles. The number of aromatic nitrogens is 3. The van der Waals surface area contributed by atoms with Crippen molar-refractivity contribution in [2.45, 2.75) is 52.1 Å². The molecule has 10 nitrogen and oxygen atoms in total. The predicted octanol–water partition coefficient (Wildman–Crippen LogP) is 6.75. The van der Waals surface area contributed by atoms with Gasteiger partial charge < -0.3 is 25.0 Å². The number of aryl methyl sites for hydroxylation is 1. The van der Waals surface area contributed by atoms with Crippen molar-refractivity contribution in [3.05, 3.63) is 83.0 Å². The van der Waals surface area contributed by atoms with Gasteiger partial charge in [-0.3, -0.25) is 10.1 Å². The van der Waals surface area contributed by atoms with E-state index in [0.29, 0.717) is 64.6 Å². The second-order valence-electron chi connectivity index (χ2n) is 10.7. The minimum Gasteiger partial charge on any atom is -0.618 e. The number of aromatic amines is 1. The van der Waals surface area contributed by atoms with Gasteiger partial charge in [-0.15, -0.1) is 0 Å². The average Bonchev–Trinajstić information content (AvgIpc) is 3.43. The van der Waals surface area contributed by atoms with Gasteiger partial charge in [0.2, 0.25) is 11.6 Å². The lowest BCUT2D eigenvalue weighted by Gasteiger charge is -2.19. The van der Waals surface area contributed by atoms with E-state index in [1.807, 2.05) is 13.8 Å². The van der Waals surface area contributed by atoms with Gasteiger partial charge in [-0.25, -0.2) is 14.2 Å². The summed E-state index contributed by atoms with van der Waals surface area (Å²) < 4.78 is 50.6. The zero-order valence-corrected chi connectivity index (χ0v) is 24.8. The Morgan fingerprint density at radius 1 is 1.20 bits per heavy atom. The molecule has 0 unspecified atom stereocenters. The van der Waals surface area contributed by atoms with Crippen LogP contribution in [0, 0.1) is 16.9 Å². The number of methoxy groups -OCH3 is 1. The van der Waals surface area contributed by atoms with Gasteiger partial charge in [0.25, 0.3) is 0 Å². The number of hydrogen-bond donors (Lipinski definition) is 3. The predicted molar refractivity (Wildman–Crippen MR) is 160 cm³/mol. The summed E-state index contributed by atoms with van der Waals surface area (Å²) in [6.07, 6.45) is 2.56. The lowest BCUT2D eigenvalue weighted by Crippen LogP contribution is -2.34. The molecule has 2 bridgehead atoms. The van der Waals surface area contributed by atoms with E-state index in [2.05, 4.69) is 20.4 Å². The number of alkyl halides is 2. The minimum absolute atomic E-state index is 0.0700. The van der Waals surface area contributed by atoms with Gasteiger partial charge in [-0.1, -0.05) is 26.3 Å². The van der Waals surface area contributed by atoms with Crippen LogP contribution in [-0.4, -0.2) is 35.7 Å². The summed E-state index contributed by atoms with van der Waals surface area (Å²) in [7, 11) is 1.25. The number of hydrogen-bond acceptors (Lipinski definition) is 6. The molecule has 0 spiro atoms. The number of halogens is 3. The average molecular weight is 624 g/mol. The molecule has 2 amide bonds. The molecule has 3 N–H and O–H groups in total. The summed E-state index contributed by atoms with van der Waals surface area (Å²) in [5, 5.41) is 19.1. The number of pyridine rings is 1. The van der Waals surface area contributed by atoms with Crippen molar-refractivity contribution in [2.24, 2.45) is 5.92 Å². The minimum atomic E-state index is -3.17. The summed E-state index contributed by atoms with van der Waals surface area (Å²) in [6.45, 7) is 0.576. The molecule has 5 rings (SSSR count). The van der Waals surface area contributed by atoms with Crippen LogP contribution in [0.5, 0.6) is 5.75 Å². The number of carbonyl (C=O) groups is 2. The first-order chi connectivity index (χ1) is 21.6. The summed E-state index contributed by atoms with van der Waals surface area (Å²) in [5.41, 5.74) is 2.93. The molecule has 0 saturated heterocycles. The van der Waals surface area contributed by atoms with Crippen molar-refractivity contribution in [1.82, 2.24) is 9.97 Å². The fourth-order valence-electron chi connectivity index (χ4n) is 5.50. The third kappa shape index (κ3) is 6.71. The molecule has 4 aromatic rings. The van der Waals surface area contributed by atoms with Crippen molar-refractivity contribution in [1.29, 1.82) is 0 Å². The number of nitrogens with zero attached hydrogens (tertiary/aromatic N) is 2. The van der Waals surface area contributed by atoms with Crippen LogP contribution in [0.3, 0.4) is 0 Å². The highest BCUT2D eigenvalue weighted by Crippen LogP contribution is 2.38. The standard InChI is InChI=1S/C32H32F3N5O5/c1-4-23-28-20-13-12-19(36-32(42)44-3)15-24(20)38-30(41)17(2)7-5-8-21(29(37-23)39-28)25-14-11-18(16-40(25)43)27-22(33)9-6-10-26(27)45-31(34)35/h6,9-17,21,31H,4-5,7-8H2,1-3H3,(H,36,42)(H,37,39)(H,38,41)/t17-,21-/m0/s1. The van der Waals surface area contributed by atoms with Crippen LogP contribution in [0.2, 0.25) is 0 Å². The smallest absolute Gasteiger partial charge is 0.411 e. The largest absolute Gasteiger partial charge is 0.618 e. The third-order valence-corrected chi connectivity index (χ3v) is 7.80. The first-order valence-corrected chi connectivity index (χ1v) is 14.4. The lowest BCUT2D eigenvalue weighted by molar-refractivity contribution is -0.614. The summed E-state index contributed by atoms with van der Waals surface area (Å²) in [6, 6.07) is 11.6. The molecule has 45 heavy (non-hydrogen) atoms. The van der Waals surface area contributed by atoms with Crippen LogP contribution in [0.15, 0.2) is 54.7 Å². The number of ether oxygens (including phenoxy) is 2. The topological polar surface area (TPSA) is 132 Å². The normalized spacial score (nSPS) is 16.6. The molecule has 3 heterocycles. The van der Waals surface area contributed by atoms with E-state index < -0.39 is 24.4 Å². The van der Waals surface area contributed by atoms with Crippen molar-refractivity contribution in [2.75, 3.05) is 17.7 Å². The summed E-state index contributed by atoms with van der Waals surface area (Å²) in [4.78, 5) is 33.3. The number of imidazole rings is 1. The fourth-order valence-corrected chi connectivity index (χ4v) is 5.50. The van der Waals surface area contributed by atoms with Crippen LogP contribution in [-0.2, 0) is 16.0 Å². The zero-order valence-electron chi connectivity index (χ0n) is 24.8. The molecule has 13 heteroatoms. The second kappa shape index (κ2) is 13.3. The van der Waals surface area contributed by atoms with Crippen LogP contribution < -0.4 is 20.1 Å². The lowest BCUT2D eigenvalue weighted by atomic mass is 9.92. The fraction of sp³-hybridized carbons (Fsp3) is 0.312. The highest BCUT2D eigenvalue weighted by Gasteiger charge is 2.30. The number of amides is 2. The molecular formula is C32H32F3N5O5. The van der Waals surface area contributed by atoms with E-state index in [-0.39, 0.29) is 28.7 Å². The molecule has 236 valence electrons. The monoisotopic (exact) mass is 623 g/mol. The first kappa shape index (κ1) is 31.4. The van der Waals surface area contributed by atoms with Crippen molar-refractivity contribution in [3.8, 4) is 28.1 Å². The first-order valence-electron chi connectivity index (χ1n) is 14.4. The number of nitrogens with one attached hydrogen (secondary N) is 3. The maximum Gasteiger partial charge on any atom is 0.411 e. The van der Waals surface area contributed by atoms with Crippen molar-refractivity contribution in [3.63, 3.8) is 0 Å². The molecule has 1 aliphatic rings. The number of carbonyl (C=O) groups excluding carboxylic acids is 2. The highest BCUT2D eigenvalue weighted by atomic mass is 19.3. The molecule has 0 fully saturated rings. The van der Waals surface area contributed by atoms with Crippen molar-refractivity contribution >= 4 is 23.4 Å². The zero-order chi connectivity index (χ0) is 32.2. The second-order valence-corrected chi connectivity index (χ2v) is 10.7. The van der Waals surface area contributed by atoms with E-state index in [1.54, 1.807) is 18.2 Å². The Morgan fingerprint density at radius 3 is 2.71 bits per heavy atom. The van der Waals surface area contributed by atoms with Gasteiger partial charge in [0, 0.05) is 28.9 Å².